The molecule has 1 aromatic rings. The number of carboxylic acid groups (broad SMARTS) is 2. The molecule has 6 heteroatoms. The van der Waals surface area contributed by atoms with Gasteiger partial charge < -0.3 is 15.5 Å². The van der Waals surface area contributed by atoms with Crippen LogP contribution in [0.15, 0.2) is 30.3 Å². The van der Waals surface area contributed by atoms with Crippen molar-refractivity contribution >= 4 is 23.5 Å². The first-order chi connectivity index (χ1) is 8.41. The second-order valence-electron chi connectivity index (χ2n) is 3.33. The molecule has 0 saturated carbocycles. The fourth-order valence-electron chi connectivity index (χ4n) is 0.939. The molecule has 0 aromatic heterocycles. The van der Waals surface area contributed by atoms with E-state index in [0.29, 0.717) is 0 Å². The molecule has 0 aliphatic carbocycles. The lowest BCUT2D eigenvalue weighted by Gasteiger charge is -1.98. The molecule has 0 atom stereocenters. The summed E-state index contributed by atoms with van der Waals surface area (Å²) in [7, 11) is 0. The molecule has 6 nitrogen and oxygen atoms in total. The molecule has 0 bridgehead atoms. The van der Waals surface area contributed by atoms with E-state index in [1.54, 1.807) is 0 Å². The summed E-state index contributed by atoms with van der Waals surface area (Å²) in [5.41, 5.74) is 0.843. The molecule has 0 fully saturated rings. The number of aliphatic carboxylic acids is 2. The quantitative estimate of drug-likeness (QED) is 0.755. The van der Waals surface area contributed by atoms with E-state index in [9.17, 15) is 14.4 Å². The third kappa shape index (κ3) is 10.2. The highest BCUT2D eigenvalue weighted by Gasteiger charge is 2.00. The van der Waals surface area contributed by atoms with Crippen LogP contribution in [0.25, 0.3) is 0 Å². The zero-order chi connectivity index (χ0) is 14.0. The Kier molecular flexibility index (Phi) is 7.59. The number of nitrogens with one attached hydrogen (secondary N) is 1. The molecular weight excluding hydrogens is 238 g/mol. The zero-order valence-electron chi connectivity index (χ0n) is 9.92. The van der Waals surface area contributed by atoms with Gasteiger partial charge in [-0.15, -0.1) is 0 Å². The summed E-state index contributed by atoms with van der Waals surface area (Å²) in [6.45, 7) is 1.49. The number of hydrogen-bond donors (Lipinski definition) is 3. The average molecular weight is 253 g/mol. The van der Waals surface area contributed by atoms with E-state index in [1.807, 2.05) is 30.3 Å². The second kappa shape index (κ2) is 8.74. The standard InChI is InChI=1S/C8H9NO.C4H6O4/c1-7(10)9-8-5-3-2-4-6-8;5-3(6)1-2-4(7)8/h2-6H,1H3,(H,9,10);1-2H2,(H,5,6)(H,7,8). The molecule has 1 rings (SSSR count). The molecule has 98 valence electrons. The molecule has 18 heavy (non-hydrogen) atoms. The monoisotopic (exact) mass is 253 g/mol. The number of carboxylic acids is 2. The molecule has 0 radical (unpaired) electrons. The summed E-state index contributed by atoms with van der Waals surface area (Å²) in [5, 5.41) is 18.5. The van der Waals surface area contributed by atoms with Crippen molar-refractivity contribution in [1.29, 1.82) is 0 Å². The molecule has 3 N–H and O–H groups in total. The van der Waals surface area contributed by atoms with Gasteiger partial charge in [0, 0.05) is 12.6 Å². The topological polar surface area (TPSA) is 104 Å². The molecule has 1 amide bonds. The van der Waals surface area contributed by atoms with Crippen LogP contribution in [0.3, 0.4) is 0 Å². The minimum Gasteiger partial charge on any atom is -0.481 e. The fraction of sp³-hybridized carbons (Fsp3) is 0.250. The van der Waals surface area contributed by atoms with Crippen molar-refractivity contribution in [1.82, 2.24) is 0 Å². The number of para-hydroxylation sites is 1. The van der Waals surface area contributed by atoms with E-state index >= 15 is 0 Å². The van der Waals surface area contributed by atoms with Gasteiger partial charge in [-0.3, -0.25) is 14.4 Å². The summed E-state index contributed by atoms with van der Waals surface area (Å²) in [6, 6.07) is 9.37. The molecule has 0 heterocycles. The van der Waals surface area contributed by atoms with Crippen molar-refractivity contribution in [2.75, 3.05) is 5.32 Å². The molecule has 0 spiro atoms. The van der Waals surface area contributed by atoms with Crippen LogP contribution in [0.1, 0.15) is 19.8 Å². The fourth-order valence-corrected chi connectivity index (χ4v) is 0.939. The Morgan fingerprint density at radius 1 is 1.00 bits per heavy atom. The van der Waals surface area contributed by atoms with Gasteiger partial charge in [-0.05, 0) is 12.1 Å². The Labute approximate surface area is 104 Å². The largest absolute Gasteiger partial charge is 0.481 e. The molecule has 1 aromatic carbocycles. The molecular formula is C12H15NO5. The lowest BCUT2D eigenvalue weighted by atomic mass is 10.3. The van der Waals surface area contributed by atoms with Crippen molar-refractivity contribution in [3.8, 4) is 0 Å². The molecule has 0 aliphatic heterocycles. The van der Waals surface area contributed by atoms with E-state index in [1.165, 1.54) is 6.92 Å². The van der Waals surface area contributed by atoms with Crippen molar-refractivity contribution < 1.29 is 24.6 Å². The van der Waals surface area contributed by atoms with Crippen LogP contribution in [0.4, 0.5) is 5.69 Å². The van der Waals surface area contributed by atoms with Crippen molar-refractivity contribution in [2.45, 2.75) is 19.8 Å². The highest BCUT2D eigenvalue weighted by atomic mass is 16.4. The third-order valence-corrected chi connectivity index (χ3v) is 1.65. The minimum atomic E-state index is -1.08. The van der Waals surface area contributed by atoms with Gasteiger partial charge in [-0.1, -0.05) is 18.2 Å². The molecule has 0 saturated heterocycles. The Bertz CT molecular complexity index is 388. The van der Waals surface area contributed by atoms with Crippen LogP contribution >= 0.6 is 0 Å². The third-order valence-electron chi connectivity index (χ3n) is 1.65. The average Bonchev–Trinajstić information content (AvgIpc) is 2.28. The summed E-state index contributed by atoms with van der Waals surface area (Å²) in [4.78, 5) is 29.8. The number of hydrogen-bond acceptors (Lipinski definition) is 3. The summed E-state index contributed by atoms with van der Waals surface area (Å²) >= 11 is 0. The number of rotatable bonds is 4. The highest BCUT2D eigenvalue weighted by Crippen LogP contribution is 2.03. The number of benzene rings is 1. The van der Waals surface area contributed by atoms with Gasteiger partial charge in [-0.2, -0.15) is 0 Å². The highest BCUT2D eigenvalue weighted by molar-refractivity contribution is 5.88. The minimum absolute atomic E-state index is 0.0359. The maximum absolute atomic E-state index is 10.5. The number of amides is 1. The summed E-state index contributed by atoms with van der Waals surface area (Å²) in [6.07, 6.45) is -0.593. The first-order valence-electron chi connectivity index (χ1n) is 5.18. The molecule has 0 unspecified atom stereocenters. The maximum atomic E-state index is 10.5. The van der Waals surface area contributed by atoms with E-state index in [0.717, 1.165) is 5.69 Å². The Morgan fingerprint density at radius 2 is 1.44 bits per heavy atom. The van der Waals surface area contributed by atoms with E-state index in [4.69, 9.17) is 10.2 Å². The lowest BCUT2D eigenvalue weighted by Crippen LogP contribution is -2.04. The SMILES string of the molecule is CC(=O)Nc1ccccc1.O=C(O)CCC(=O)O. The van der Waals surface area contributed by atoms with Gasteiger partial charge in [0.1, 0.15) is 0 Å². The van der Waals surface area contributed by atoms with Crippen LogP contribution < -0.4 is 5.32 Å². The predicted octanol–water partition coefficient (Wildman–Crippen LogP) is 1.58. The Morgan fingerprint density at radius 3 is 1.78 bits per heavy atom. The first kappa shape index (κ1) is 15.6. The summed E-state index contributed by atoms with van der Waals surface area (Å²) in [5.74, 6) is -2.19. The van der Waals surface area contributed by atoms with Crippen molar-refractivity contribution in [2.24, 2.45) is 0 Å². The Hall–Kier alpha value is -2.37. The van der Waals surface area contributed by atoms with Crippen LogP contribution in [-0.4, -0.2) is 28.1 Å². The molecule has 0 aliphatic rings. The smallest absolute Gasteiger partial charge is 0.303 e. The number of carbonyl (C=O) groups is 3. The van der Waals surface area contributed by atoms with Crippen LogP contribution in [0.2, 0.25) is 0 Å². The van der Waals surface area contributed by atoms with Gasteiger partial charge in [0.15, 0.2) is 0 Å². The van der Waals surface area contributed by atoms with Crippen molar-refractivity contribution in [3.05, 3.63) is 30.3 Å². The van der Waals surface area contributed by atoms with Crippen molar-refractivity contribution in [3.63, 3.8) is 0 Å². The lowest BCUT2D eigenvalue weighted by molar-refractivity contribution is -0.143. The Balaban J connectivity index is 0.000000331. The maximum Gasteiger partial charge on any atom is 0.303 e. The summed E-state index contributed by atoms with van der Waals surface area (Å²) < 4.78 is 0. The first-order valence-corrected chi connectivity index (χ1v) is 5.18. The van der Waals surface area contributed by atoms with Crippen LogP contribution in [-0.2, 0) is 14.4 Å². The van der Waals surface area contributed by atoms with Gasteiger partial charge in [0.25, 0.3) is 0 Å². The normalized spacial score (nSPS) is 8.72. The van der Waals surface area contributed by atoms with E-state index < -0.39 is 11.9 Å². The van der Waals surface area contributed by atoms with Gasteiger partial charge in [-0.25, -0.2) is 0 Å². The van der Waals surface area contributed by atoms with E-state index in [-0.39, 0.29) is 18.7 Å². The number of carbonyl (C=O) groups excluding carboxylic acids is 1. The van der Waals surface area contributed by atoms with Crippen LogP contribution in [0.5, 0.6) is 0 Å². The van der Waals surface area contributed by atoms with Crippen LogP contribution in [0, 0.1) is 0 Å². The number of anilines is 1. The zero-order valence-corrected chi connectivity index (χ0v) is 9.92. The second-order valence-corrected chi connectivity index (χ2v) is 3.33. The van der Waals surface area contributed by atoms with Gasteiger partial charge >= 0.3 is 11.9 Å². The van der Waals surface area contributed by atoms with E-state index in [2.05, 4.69) is 5.32 Å². The predicted molar refractivity (Wildman–Crippen MR) is 65.3 cm³/mol. The van der Waals surface area contributed by atoms with Gasteiger partial charge in [0.05, 0.1) is 12.8 Å². The van der Waals surface area contributed by atoms with Gasteiger partial charge in [0.2, 0.25) is 5.91 Å².